The van der Waals surface area contributed by atoms with Gasteiger partial charge in [0.2, 0.25) is 5.91 Å². The van der Waals surface area contributed by atoms with Crippen molar-refractivity contribution in [2.24, 2.45) is 0 Å². The molecule has 1 aromatic heterocycles. The van der Waals surface area contributed by atoms with Crippen LogP contribution >= 0.6 is 12.4 Å². The fraction of sp³-hybridized carbons (Fsp3) is 0.417. The van der Waals surface area contributed by atoms with Crippen molar-refractivity contribution in [3.05, 3.63) is 54.2 Å². The molecule has 0 atom stereocenters. The summed E-state index contributed by atoms with van der Waals surface area (Å²) in [5.74, 6) is 1.94. The van der Waals surface area contributed by atoms with Crippen molar-refractivity contribution < 1.29 is 9.53 Å². The molecule has 1 amide bonds. The molecule has 7 heteroatoms. The lowest BCUT2D eigenvalue weighted by Crippen LogP contribution is -2.55. The maximum atomic E-state index is 13.5. The first kappa shape index (κ1) is 23.1. The van der Waals surface area contributed by atoms with Gasteiger partial charge in [-0.05, 0) is 56.7 Å². The van der Waals surface area contributed by atoms with Crippen LogP contribution < -0.4 is 14.5 Å². The van der Waals surface area contributed by atoms with Crippen molar-refractivity contribution in [3.8, 4) is 5.75 Å². The molecule has 0 unspecified atom stereocenters. The van der Waals surface area contributed by atoms with Crippen LogP contribution in [0.4, 0.5) is 11.5 Å². The topological polar surface area (TPSA) is 48.9 Å². The van der Waals surface area contributed by atoms with Crippen LogP contribution in [0.15, 0.2) is 48.7 Å². The fourth-order valence-corrected chi connectivity index (χ4v) is 4.53. The normalized spacial score (nSPS) is 18.0. The molecule has 6 nitrogen and oxygen atoms in total. The molecule has 0 radical (unpaired) electrons. The van der Waals surface area contributed by atoms with Crippen LogP contribution in [-0.4, -0.2) is 61.2 Å². The van der Waals surface area contributed by atoms with Crippen LogP contribution in [0.2, 0.25) is 0 Å². The second-order valence-electron chi connectivity index (χ2n) is 8.54. The zero-order valence-electron chi connectivity index (χ0n) is 18.7. The minimum atomic E-state index is -0.376. The molecule has 1 saturated heterocycles. The third-order valence-corrected chi connectivity index (χ3v) is 5.97. The van der Waals surface area contributed by atoms with Gasteiger partial charge in [-0.2, -0.15) is 0 Å². The summed E-state index contributed by atoms with van der Waals surface area (Å²) in [5, 5.41) is 0. The van der Waals surface area contributed by atoms with Crippen LogP contribution in [0.1, 0.15) is 26.3 Å². The van der Waals surface area contributed by atoms with Gasteiger partial charge in [-0.15, -0.1) is 12.4 Å². The lowest BCUT2D eigenvalue weighted by molar-refractivity contribution is -0.120. The van der Waals surface area contributed by atoms with E-state index in [9.17, 15) is 4.79 Å². The number of carbonyl (C=O) groups is 1. The number of carbonyl (C=O) groups excluding carboxylic acids is 1. The number of ether oxygens (including phenoxy) is 1. The molecule has 2 aliphatic rings. The van der Waals surface area contributed by atoms with E-state index in [0.717, 1.165) is 49.0 Å². The Morgan fingerprint density at radius 3 is 2.52 bits per heavy atom. The highest BCUT2D eigenvalue weighted by atomic mass is 35.5. The number of nitrogens with zero attached hydrogens (tertiary/aromatic N) is 4. The molecule has 0 N–H and O–H groups in total. The van der Waals surface area contributed by atoms with Gasteiger partial charge in [0.1, 0.15) is 11.6 Å². The van der Waals surface area contributed by atoms with Crippen LogP contribution in [0, 0.1) is 0 Å². The van der Waals surface area contributed by atoms with Crippen LogP contribution in [0.3, 0.4) is 0 Å². The predicted octanol–water partition coefficient (Wildman–Crippen LogP) is 3.86. The molecular formula is C24H31ClN4O2. The van der Waals surface area contributed by atoms with E-state index in [1.54, 1.807) is 7.11 Å². The van der Waals surface area contributed by atoms with E-state index in [1.807, 2.05) is 47.5 Å². The van der Waals surface area contributed by atoms with Crippen molar-refractivity contribution in [1.29, 1.82) is 0 Å². The molecular weight excluding hydrogens is 412 g/mol. The largest absolute Gasteiger partial charge is 0.497 e. The molecule has 166 valence electrons. The smallest absolute Gasteiger partial charge is 0.241 e. The lowest BCUT2D eigenvalue weighted by Gasteiger charge is -2.43. The van der Waals surface area contributed by atoms with E-state index in [-0.39, 0.29) is 23.9 Å². The predicted molar refractivity (Wildman–Crippen MR) is 128 cm³/mol. The maximum Gasteiger partial charge on any atom is 0.241 e. The van der Waals surface area contributed by atoms with Crippen LogP contribution in [0.25, 0.3) is 5.57 Å². The number of methoxy groups -OCH3 is 1. The van der Waals surface area contributed by atoms with E-state index in [0.29, 0.717) is 6.54 Å². The number of halogens is 1. The summed E-state index contributed by atoms with van der Waals surface area (Å²) < 4.78 is 5.40. The fourth-order valence-electron chi connectivity index (χ4n) is 4.53. The average Bonchev–Trinajstić information content (AvgIpc) is 2.74. The SMILES string of the molecule is COc1ccc2c(c1)C(C)=CC(C)(C)N2C(=O)CN1CCN(c2ccccn2)CC1.Cl. The Hall–Kier alpha value is -2.57. The Morgan fingerprint density at radius 1 is 1.13 bits per heavy atom. The number of amides is 1. The molecule has 4 rings (SSSR count). The first-order valence-electron chi connectivity index (χ1n) is 10.5. The summed E-state index contributed by atoms with van der Waals surface area (Å²) in [6.07, 6.45) is 4.00. The number of fused-ring (bicyclic) bond motifs is 1. The highest BCUT2D eigenvalue weighted by Gasteiger charge is 2.36. The zero-order chi connectivity index (χ0) is 21.3. The number of benzene rings is 1. The number of allylic oxidation sites excluding steroid dienone is 1. The lowest BCUT2D eigenvalue weighted by atomic mass is 9.88. The number of hydrogen-bond acceptors (Lipinski definition) is 5. The van der Waals surface area contributed by atoms with Crippen molar-refractivity contribution in [3.63, 3.8) is 0 Å². The van der Waals surface area contributed by atoms with Crippen LogP contribution in [-0.2, 0) is 4.79 Å². The third kappa shape index (κ3) is 4.70. The number of aromatic nitrogens is 1. The number of rotatable bonds is 4. The first-order valence-corrected chi connectivity index (χ1v) is 10.5. The zero-order valence-corrected chi connectivity index (χ0v) is 19.5. The Balaban J connectivity index is 0.00000272. The summed E-state index contributed by atoms with van der Waals surface area (Å²) in [5.41, 5.74) is 2.81. The van der Waals surface area contributed by atoms with Gasteiger partial charge in [-0.25, -0.2) is 4.98 Å². The first-order chi connectivity index (χ1) is 14.4. The molecule has 0 saturated carbocycles. The van der Waals surface area contributed by atoms with Crippen molar-refractivity contribution in [1.82, 2.24) is 9.88 Å². The minimum Gasteiger partial charge on any atom is -0.497 e. The van der Waals surface area contributed by atoms with Gasteiger partial charge in [-0.3, -0.25) is 9.69 Å². The molecule has 31 heavy (non-hydrogen) atoms. The van der Waals surface area contributed by atoms with E-state index in [2.05, 4.69) is 41.6 Å². The van der Waals surface area contributed by atoms with Gasteiger partial charge in [0.15, 0.2) is 0 Å². The van der Waals surface area contributed by atoms with E-state index in [4.69, 9.17) is 4.74 Å². The van der Waals surface area contributed by atoms with E-state index >= 15 is 0 Å². The van der Waals surface area contributed by atoms with Gasteiger partial charge < -0.3 is 14.5 Å². The molecule has 3 heterocycles. The summed E-state index contributed by atoms with van der Waals surface area (Å²) >= 11 is 0. The third-order valence-electron chi connectivity index (χ3n) is 5.97. The Labute approximate surface area is 190 Å². The second kappa shape index (κ2) is 9.28. The molecule has 1 fully saturated rings. The molecule has 1 aromatic carbocycles. The van der Waals surface area contributed by atoms with Gasteiger partial charge in [0, 0.05) is 37.9 Å². The Kier molecular flexibility index (Phi) is 6.92. The monoisotopic (exact) mass is 442 g/mol. The van der Waals surface area contributed by atoms with Gasteiger partial charge in [0.25, 0.3) is 0 Å². The summed E-state index contributed by atoms with van der Waals surface area (Å²) in [6, 6.07) is 11.9. The number of pyridine rings is 1. The van der Waals surface area contributed by atoms with Crippen LogP contribution in [0.5, 0.6) is 5.75 Å². The van der Waals surface area contributed by atoms with Crippen molar-refractivity contribution in [2.75, 3.05) is 49.6 Å². The Morgan fingerprint density at radius 2 is 1.87 bits per heavy atom. The minimum absolute atomic E-state index is 0. The summed E-state index contributed by atoms with van der Waals surface area (Å²) in [7, 11) is 1.67. The second-order valence-corrected chi connectivity index (χ2v) is 8.54. The van der Waals surface area contributed by atoms with Gasteiger partial charge >= 0.3 is 0 Å². The average molecular weight is 443 g/mol. The highest BCUT2D eigenvalue weighted by molar-refractivity contribution is 6.01. The number of hydrogen-bond donors (Lipinski definition) is 0. The van der Waals surface area contributed by atoms with E-state index < -0.39 is 0 Å². The van der Waals surface area contributed by atoms with Crippen molar-refractivity contribution in [2.45, 2.75) is 26.3 Å². The van der Waals surface area contributed by atoms with Gasteiger partial charge in [-0.1, -0.05) is 12.1 Å². The van der Waals surface area contributed by atoms with Crippen molar-refractivity contribution >= 4 is 35.4 Å². The molecule has 0 spiro atoms. The molecule has 2 aromatic rings. The number of piperazine rings is 1. The summed E-state index contributed by atoms with van der Waals surface area (Å²) in [4.78, 5) is 24.4. The summed E-state index contributed by atoms with van der Waals surface area (Å²) in [6.45, 7) is 10.2. The standard InChI is InChI=1S/C24H30N4O2.ClH/c1-18-16-24(2,3)28(21-9-8-19(30-4)15-20(18)21)23(29)17-26-11-13-27(14-12-26)22-7-5-6-10-25-22;/h5-10,15-16H,11-14,17H2,1-4H3;1H. The van der Waals surface area contributed by atoms with Gasteiger partial charge in [0.05, 0.1) is 24.9 Å². The molecule has 0 aliphatic carbocycles. The quantitative estimate of drug-likeness (QED) is 0.719. The highest BCUT2D eigenvalue weighted by Crippen LogP contribution is 2.40. The maximum absolute atomic E-state index is 13.5. The number of anilines is 2. The molecule has 2 aliphatic heterocycles. The molecule has 0 bridgehead atoms. The van der Waals surface area contributed by atoms with E-state index in [1.165, 1.54) is 5.57 Å². The Bertz CT molecular complexity index is 953.